The summed E-state index contributed by atoms with van der Waals surface area (Å²) in [6, 6.07) is 2.18. The molecule has 0 saturated carbocycles. The second-order valence-corrected chi connectivity index (χ2v) is 4.49. The standard InChI is InChI=1S/C13H22N2O/c1-6-16-13(3,4)12(14-5)11-9-15-8-7-10(11)2/h7-9,12,14H,6H2,1-5H3. The van der Waals surface area contributed by atoms with Crippen LogP contribution in [0.5, 0.6) is 0 Å². The summed E-state index contributed by atoms with van der Waals surface area (Å²) in [4.78, 5) is 4.19. The second-order valence-electron chi connectivity index (χ2n) is 4.49. The molecule has 3 nitrogen and oxygen atoms in total. The third-order valence-electron chi connectivity index (χ3n) is 2.89. The molecule has 1 aromatic rings. The average molecular weight is 222 g/mol. The van der Waals surface area contributed by atoms with Gasteiger partial charge >= 0.3 is 0 Å². The second kappa shape index (κ2) is 5.41. The Morgan fingerprint density at radius 1 is 1.50 bits per heavy atom. The Morgan fingerprint density at radius 2 is 2.19 bits per heavy atom. The molecule has 1 aromatic heterocycles. The number of pyridine rings is 1. The summed E-state index contributed by atoms with van der Waals surface area (Å²) < 4.78 is 5.80. The quantitative estimate of drug-likeness (QED) is 0.831. The van der Waals surface area contributed by atoms with E-state index in [0.717, 1.165) is 0 Å². The summed E-state index contributed by atoms with van der Waals surface area (Å²) in [5, 5.41) is 3.32. The molecular formula is C13H22N2O. The first-order valence-corrected chi connectivity index (χ1v) is 5.74. The lowest BCUT2D eigenvalue weighted by Gasteiger charge is -2.34. The summed E-state index contributed by atoms with van der Waals surface area (Å²) in [5.41, 5.74) is 2.20. The van der Waals surface area contributed by atoms with E-state index in [4.69, 9.17) is 4.74 Å². The fourth-order valence-corrected chi connectivity index (χ4v) is 2.11. The van der Waals surface area contributed by atoms with Crippen LogP contribution in [0.1, 0.15) is 37.9 Å². The molecule has 1 N–H and O–H groups in total. The number of nitrogens with one attached hydrogen (secondary N) is 1. The van der Waals surface area contributed by atoms with Gasteiger partial charge in [0.05, 0.1) is 11.6 Å². The zero-order chi connectivity index (χ0) is 12.2. The van der Waals surface area contributed by atoms with E-state index >= 15 is 0 Å². The Hall–Kier alpha value is -0.930. The molecule has 0 bridgehead atoms. The third kappa shape index (κ3) is 2.80. The van der Waals surface area contributed by atoms with Gasteiger partial charge in [0.1, 0.15) is 0 Å². The minimum Gasteiger partial charge on any atom is -0.374 e. The van der Waals surface area contributed by atoms with Crippen molar-refractivity contribution >= 4 is 0 Å². The molecule has 3 heteroatoms. The highest BCUT2D eigenvalue weighted by atomic mass is 16.5. The van der Waals surface area contributed by atoms with Crippen LogP contribution in [0.2, 0.25) is 0 Å². The topological polar surface area (TPSA) is 34.1 Å². The molecule has 90 valence electrons. The highest BCUT2D eigenvalue weighted by Gasteiger charge is 2.31. The van der Waals surface area contributed by atoms with Crippen LogP contribution >= 0.6 is 0 Å². The van der Waals surface area contributed by atoms with Gasteiger partial charge in [0.15, 0.2) is 0 Å². The highest BCUT2D eigenvalue weighted by Crippen LogP contribution is 2.29. The van der Waals surface area contributed by atoms with E-state index in [-0.39, 0.29) is 11.6 Å². The van der Waals surface area contributed by atoms with Crippen LogP contribution in [0.4, 0.5) is 0 Å². The molecule has 0 aliphatic rings. The minimum atomic E-state index is -0.239. The first kappa shape index (κ1) is 13.1. The van der Waals surface area contributed by atoms with Crippen molar-refractivity contribution in [1.82, 2.24) is 10.3 Å². The van der Waals surface area contributed by atoms with Gasteiger partial charge in [-0.2, -0.15) is 0 Å². The fourth-order valence-electron chi connectivity index (χ4n) is 2.11. The monoisotopic (exact) mass is 222 g/mol. The Bertz CT molecular complexity index is 336. The van der Waals surface area contributed by atoms with Gasteiger partial charge < -0.3 is 10.1 Å². The molecule has 16 heavy (non-hydrogen) atoms. The summed E-state index contributed by atoms with van der Waals surface area (Å²) in [7, 11) is 1.96. The van der Waals surface area contributed by atoms with Crippen LogP contribution in [0.3, 0.4) is 0 Å². The lowest BCUT2D eigenvalue weighted by atomic mass is 9.90. The van der Waals surface area contributed by atoms with Crippen LogP contribution in [-0.2, 0) is 4.74 Å². The molecule has 0 amide bonds. The van der Waals surface area contributed by atoms with Gasteiger partial charge in [-0.25, -0.2) is 0 Å². The van der Waals surface area contributed by atoms with E-state index in [0.29, 0.717) is 6.61 Å². The predicted octanol–water partition coefficient (Wildman–Crippen LogP) is 2.47. The normalized spacial score (nSPS) is 13.8. The Kier molecular flexibility index (Phi) is 4.44. The summed E-state index contributed by atoms with van der Waals surface area (Å²) >= 11 is 0. The van der Waals surface area contributed by atoms with Crippen molar-refractivity contribution in [3.63, 3.8) is 0 Å². The van der Waals surface area contributed by atoms with Crippen molar-refractivity contribution in [2.24, 2.45) is 0 Å². The van der Waals surface area contributed by atoms with Crippen molar-refractivity contribution in [3.8, 4) is 0 Å². The van der Waals surface area contributed by atoms with Crippen molar-refractivity contribution in [1.29, 1.82) is 0 Å². The van der Waals surface area contributed by atoms with E-state index in [1.807, 2.05) is 32.4 Å². The smallest absolute Gasteiger partial charge is 0.0820 e. The number of nitrogens with zero attached hydrogens (tertiary/aromatic N) is 1. The summed E-state index contributed by atoms with van der Waals surface area (Å²) in [5.74, 6) is 0. The van der Waals surface area contributed by atoms with Crippen LogP contribution < -0.4 is 5.32 Å². The van der Waals surface area contributed by atoms with Crippen molar-refractivity contribution in [2.45, 2.75) is 39.3 Å². The van der Waals surface area contributed by atoms with Gasteiger partial charge in [-0.05, 0) is 51.9 Å². The van der Waals surface area contributed by atoms with Gasteiger partial charge in [0.2, 0.25) is 0 Å². The van der Waals surface area contributed by atoms with E-state index in [2.05, 4.69) is 31.1 Å². The fraction of sp³-hybridized carbons (Fsp3) is 0.615. The Labute approximate surface area is 98.2 Å². The van der Waals surface area contributed by atoms with Gasteiger partial charge in [0, 0.05) is 19.0 Å². The van der Waals surface area contributed by atoms with E-state index in [1.54, 1.807) is 0 Å². The molecule has 0 aromatic carbocycles. The number of rotatable bonds is 5. The lowest BCUT2D eigenvalue weighted by molar-refractivity contribution is -0.0377. The molecular weight excluding hydrogens is 200 g/mol. The van der Waals surface area contributed by atoms with Crippen LogP contribution in [0.15, 0.2) is 18.5 Å². The average Bonchev–Trinajstić information content (AvgIpc) is 2.21. The third-order valence-corrected chi connectivity index (χ3v) is 2.89. The highest BCUT2D eigenvalue weighted by molar-refractivity contribution is 5.27. The number of hydrogen-bond donors (Lipinski definition) is 1. The molecule has 1 rings (SSSR count). The van der Waals surface area contributed by atoms with Gasteiger partial charge in [0.25, 0.3) is 0 Å². The zero-order valence-corrected chi connectivity index (χ0v) is 10.9. The molecule has 0 spiro atoms. The maximum atomic E-state index is 5.80. The predicted molar refractivity (Wildman–Crippen MR) is 66.5 cm³/mol. The summed E-state index contributed by atoms with van der Waals surface area (Å²) in [6.07, 6.45) is 3.73. The molecule has 0 aliphatic heterocycles. The number of ether oxygens (including phenoxy) is 1. The number of aromatic nitrogens is 1. The molecule has 0 aliphatic carbocycles. The SMILES string of the molecule is CCOC(C)(C)C(NC)c1cnccc1C. The first-order valence-electron chi connectivity index (χ1n) is 5.74. The van der Waals surface area contributed by atoms with Gasteiger partial charge in [-0.1, -0.05) is 0 Å². The lowest BCUT2D eigenvalue weighted by Crippen LogP contribution is -2.40. The van der Waals surface area contributed by atoms with E-state index < -0.39 is 0 Å². The molecule has 1 heterocycles. The largest absolute Gasteiger partial charge is 0.374 e. The first-order chi connectivity index (χ1) is 7.53. The number of hydrogen-bond acceptors (Lipinski definition) is 3. The Balaban J connectivity index is 3.03. The maximum absolute atomic E-state index is 5.80. The molecule has 1 unspecified atom stereocenters. The number of aryl methyl sites for hydroxylation is 1. The van der Waals surface area contributed by atoms with Crippen LogP contribution in [0.25, 0.3) is 0 Å². The zero-order valence-electron chi connectivity index (χ0n) is 10.9. The van der Waals surface area contributed by atoms with Crippen LogP contribution in [-0.4, -0.2) is 24.2 Å². The molecule has 0 fully saturated rings. The summed E-state index contributed by atoms with van der Waals surface area (Å²) in [6.45, 7) is 9.03. The number of likely N-dealkylation sites (N-methyl/N-ethyl adjacent to an activating group) is 1. The molecule has 1 atom stereocenters. The van der Waals surface area contributed by atoms with Crippen molar-refractivity contribution in [3.05, 3.63) is 29.6 Å². The van der Waals surface area contributed by atoms with Gasteiger partial charge in [-0.3, -0.25) is 4.98 Å². The van der Waals surface area contributed by atoms with Crippen molar-refractivity contribution < 1.29 is 4.74 Å². The minimum absolute atomic E-state index is 0.154. The van der Waals surface area contributed by atoms with Crippen molar-refractivity contribution in [2.75, 3.05) is 13.7 Å². The van der Waals surface area contributed by atoms with E-state index in [1.165, 1.54) is 11.1 Å². The maximum Gasteiger partial charge on any atom is 0.0820 e. The van der Waals surface area contributed by atoms with Crippen LogP contribution in [0, 0.1) is 6.92 Å². The Morgan fingerprint density at radius 3 is 2.69 bits per heavy atom. The van der Waals surface area contributed by atoms with E-state index in [9.17, 15) is 0 Å². The van der Waals surface area contributed by atoms with Gasteiger partial charge in [-0.15, -0.1) is 0 Å². The molecule has 0 saturated heterocycles. The molecule has 0 radical (unpaired) electrons.